The second-order valence-corrected chi connectivity index (χ2v) is 9.59. The molecular weight excluding hydrogens is 474 g/mol. The van der Waals surface area contributed by atoms with Crippen LogP contribution in [-0.2, 0) is 10.0 Å². The second-order valence-electron chi connectivity index (χ2n) is 7.44. The first-order chi connectivity index (χ1) is 16.6. The molecule has 12 heteroatoms. The number of carbonyl (C=O) groups is 1. The van der Waals surface area contributed by atoms with Gasteiger partial charge in [-0.15, -0.1) is 0 Å². The highest BCUT2D eigenvalue weighted by molar-refractivity contribution is 7.89. The molecule has 2 amide bonds. The van der Waals surface area contributed by atoms with Crippen molar-refractivity contribution >= 4 is 44.5 Å². The van der Waals surface area contributed by atoms with Gasteiger partial charge < -0.3 is 20.7 Å². The van der Waals surface area contributed by atoms with Crippen molar-refractivity contribution in [1.82, 2.24) is 4.31 Å². The van der Waals surface area contributed by atoms with E-state index in [-0.39, 0.29) is 10.6 Å². The number of rotatable bonds is 9. The maximum Gasteiger partial charge on any atom is 0.323 e. The minimum Gasteiger partial charge on any atom is -0.492 e. The summed E-state index contributed by atoms with van der Waals surface area (Å²) in [5.41, 5.74) is 1.00. The van der Waals surface area contributed by atoms with Crippen molar-refractivity contribution in [1.29, 1.82) is 0 Å². The van der Waals surface area contributed by atoms with Gasteiger partial charge in [-0.2, -0.15) is 0 Å². The molecule has 184 valence electrons. The van der Waals surface area contributed by atoms with Gasteiger partial charge in [0.05, 0.1) is 22.1 Å². The first-order valence-electron chi connectivity index (χ1n) is 10.5. The van der Waals surface area contributed by atoms with Gasteiger partial charge in [-0.1, -0.05) is 18.2 Å². The van der Waals surface area contributed by atoms with E-state index in [1.807, 2.05) is 6.07 Å². The number of urea groups is 1. The van der Waals surface area contributed by atoms with Crippen molar-refractivity contribution in [2.24, 2.45) is 0 Å². The van der Waals surface area contributed by atoms with Gasteiger partial charge in [0.15, 0.2) is 0 Å². The third-order valence-corrected chi connectivity index (χ3v) is 6.59. The molecule has 0 saturated carbocycles. The Labute approximate surface area is 202 Å². The predicted molar refractivity (Wildman–Crippen MR) is 134 cm³/mol. The van der Waals surface area contributed by atoms with Gasteiger partial charge in [0, 0.05) is 31.5 Å². The number of benzene rings is 3. The molecule has 0 spiro atoms. The Balaban J connectivity index is 1.90. The van der Waals surface area contributed by atoms with Crippen molar-refractivity contribution in [3.63, 3.8) is 0 Å². The van der Waals surface area contributed by atoms with Crippen LogP contribution in [0.4, 0.5) is 33.2 Å². The molecule has 0 atom stereocenters. The van der Waals surface area contributed by atoms with E-state index in [1.165, 1.54) is 26.2 Å². The van der Waals surface area contributed by atoms with Crippen LogP contribution in [0, 0.1) is 10.1 Å². The third kappa shape index (κ3) is 6.25. The number of para-hydroxylation sites is 1. The molecule has 3 rings (SSSR count). The Morgan fingerprint density at radius 1 is 0.971 bits per heavy atom. The Bertz CT molecular complexity index is 1330. The molecular formula is C23H25N5O6S. The first kappa shape index (κ1) is 25.5. The number of sulfonamides is 1. The Morgan fingerprint density at radius 2 is 1.69 bits per heavy atom. The summed E-state index contributed by atoms with van der Waals surface area (Å²) in [6.07, 6.45) is 0. The summed E-state index contributed by atoms with van der Waals surface area (Å²) >= 11 is 0. The Morgan fingerprint density at radius 3 is 2.31 bits per heavy atom. The van der Waals surface area contributed by atoms with Crippen LogP contribution < -0.4 is 20.7 Å². The van der Waals surface area contributed by atoms with Crippen LogP contribution in [0.1, 0.15) is 6.92 Å². The molecule has 0 heterocycles. The number of nitrogens with one attached hydrogen (secondary N) is 3. The minimum absolute atomic E-state index is 0.0801. The number of nitro benzene ring substituents is 1. The van der Waals surface area contributed by atoms with Gasteiger partial charge in [-0.25, -0.2) is 17.5 Å². The molecule has 0 saturated heterocycles. The van der Waals surface area contributed by atoms with E-state index in [1.54, 1.807) is 49.4 Å². The van der Waals surface area contributed by atoms with Crippen molar-refractivity contribution in [2.75, 3.05) is 36.7 Å². The lowest BCUT2D eigenvalue weighted by Gasteiger charge is -2.16. The highest BCUT2D eigenvalue weighted by Crippen LogP contribution is 2.34. The Hall–Kier alpha value is -4.16. The van der Waals surface area contributed by atoms with E-state index < -0.39 is 26.7 Å². The summed E-state index contributed by atoms with van der Waals surface area (Å²) in [6.45, 7) is 2.15. The maximum atomic E-state index is 12.5. The fourth-order valence-corrected chi connectivity index (χ4v) is 4.01. The molecule has 3 aromatic carbocycles. The molecule has 0 bridgehead atoms. The number of nitro groups is 1. The maximum absolute atomic E-state index is 12.5. The standard InChI is InChI=1S/C23H25N5O6S/c1-4-34-22-13-10-17(14-20(22)26-23(29)25-16-8-6-5-7-9-16)24-19-12-11-18(15-21(19)28(30)31)35(32,33)27(2)3/h5-15,24H,4H2,1-3H3,(H2,25,26,29). The fourth-order valence-electron chi connectivity index (χ4n) is 3.09. The van der Waals surface area contributed by atoms with E-state index >= 15 is 0 Å². The number of hydrogen-bond donors (Lipinski definition) is 3. The largest absolute Gasteiger partial charge is 0.492 e. The van der Waals surface area contributed by atoms with E-state index in [2.05, 4.69) is 16.0 Å². The van der Waals surface area contributed by atoms with Crippen LogP contribution in [0.15, 0.2) is 71.6 Å². The summed E-state index contributed by atoms with van der Waals surface area (Å²) in [7, 11) is -1.16. The highest BCUT2D eigenvalue weighted by atomic mass is 32.2. The number of hydrogen-bond acceptors (Lipinski definition) is 7. The number of amides is 2. The molecule has 11 nitrogen and oxygen atoms in total. The summed E-state index contributed by atoms with van der Waals surface area (Å²) in [6, 6.07) is 16.8. The second kappa shape index (κ2) is 10.8. The Kier molecular flexibility index (Phi) is 7.89. The molecule has 3 N–H and O–H groups in total. The first-order valence-corrected chi connectivity index (χ1v) is 11.9. The zero-order valence-corrected chi connectivity index (χ0v) is 20.1. The number of carbonyl (C=O) groups excluding carboxylic acids is 1. The summed E-state index contributed by atoms with van der Waals surface area (Å²) < 4.78 is 31.3. The minimum atomic E-state index is -3.85. The molecule has 0 unspecified atom stereocenters. The lowest BCUT2D eigenvalue weighted by Crippen LogP contribution is -2.22. The fraction of sp³-hybridized carbons (Fsp3) is 0.174. The quantitative estimate of drug-likeness (QED) is 0.288. The molecule has 3 aromatic rings. The average Bonchev–Trinajstić information content (AvgIpc) is 2.81. The SMILES string of the molecule is CCOc1ccc(Nc2ccc(S(=O)(=O)N(C)C)cc2[N+](=O)[O-])cc1NC(=O)Nc1ccccc1. The molecule has 0 aromatic heterocycles. The molecule has 35 heavy (non-hydrogen) atoms. The van der Waals surface area contributed by atoms with Gasteiger partial charge in [0.1, 0.15) is 11.4 Å². The van der Waals surface area contributed by atoms with Crippen molar-refractivity contribution in [3.8, 4) is 5.75 Å². The van der Waals surface area contributed by atoms with Gasteiger partial charge in [-0.3, -0.25) is 10.1 Å². The van der Waals surface area contributed by atoms with Crippen molar-refractivity contribution in [2.45, 2.75) is 11.8 Å². The normalized spacial score (nSPS) is 11.1. The molecule has 0 radical (unpaired) electrons. The molecule has 0 fully saturated rings. The smallest absolute Gasteiger partial charge is 0.323 e. The van der Waals surface area contributed by atoms with Crippen LogP contribution in [0.5, 0.6) is 5.75 Å². The van der Waals surface area contributed by atoms with Gasteiger partial charge in [0.25, 0.3) is 5.69 Å². The lowest BCUT2D eigenvalue weighted by molar-refractivity contribution is -0.384. The molecule has 0 aliphatic heterocycles. The van der Waals surface area contributed by atoms with E-state index in [0.29, 0.717) is 29.4 Å². The van der Waals surface area contributed by atoms with Crippen LogP contribution in [0.25, 0.3) is 0 Å². The summed E-state index contributed by atoms with van der Waals surface area (Å²) in [5, 5.41) is 20.0. The van der Waals surface area contributed by atoms with E-state index in [4.69, 9.17) is 4.74 Å². The predicted octanol–water partition coefficient (Wildman–Crippen LogP) is 4.63. The van der Waals surface area contributed by atoms with Crippen LogP contribution in [-0.4, -0.2) is 44.4 Å². The van der Waals surface area contributed by atoms with E-state index in [9.17, 15) is 23.3 Å². The van der Waals surface area contributed by atoms with Crippen LogP contribution in [0.3, 0.4) is 0 Å². The van der Waals surface area contributed by atoms with Gasteiger partial charge in [0.2, 0.25) is 10.0 Å². The monoisotopic (exact) mass is 499 g/mol. The van der Waals surface area contributed by atoms with Crippen LogP contribution >= 0.6 is 0 Å². The van der Waals surface area contributed by atoms with E-state index in [0.717, 1.165) is 10.4 Å². The zero-order chi connectivity index (χ0) is 25.6. The topological polar surface area (TPSA) is 143 Å². The highest BCUT2D eigenvalue weighted by Gasteiger charge is 2.23. The summed E-state index contributed by atoms with van der Waals surface area (Å²) in [4.78, 5) is 23.3. The molecule has 0 aliphatic carbocycles. The number of ether oxygens (including phenoxy) is 1. The van der Waals surface area contributed by atoms with Crippen molar-refractivity contribution < 1.29 is 22.9 Å². The van der Waals surface area contributed by atoms with Crippen molar-refractivity contribution in [3.05, 3.63) is 76.8 Å². The third-order valence-electron chi connectivity index (χ3n) is 4.78. The van der Waals surface area contributed by atoms with Gasteiger partial charge >= 0.3 is 6.03 Å². The number of anilines is 4. The van der Waals surface area contributed by atoms with Gasteiger partial charge in [-0.05, 0) is 49.4 Å². The average molecular weight is 500 g/mol. The molecule has 0 aliphatic rings. The van der Waals surface area contributed by atoms with Crippen LogP contribution in [0.2, 0.25) is 0 Å². The lowest BCUT2D eigenvalue weighted by atomic mass is 10.2. The summed E-state index contributed by atoms with van der Waals surface area (Å²) in [5.74, 6) is 0.406. The number of nitrogens with zero attached hydrogens (tertiary/aromatic N) is 2. The zero-order valence-electron chi connectivity index (χ0n) is 19.3.